The largest absolute Gasteiger partial charge is 0.417 e. The highest BCUT2D eigenvalue weighted by molar-refractivity contribution is 6.39. The van der Waals surface area contributed by atoms with Crippen molar-refractivity contribution in [1.82, 2.24) is 14.8 Å². The third-order valence-corrected chi connectivity index (χ3v) is 4.16. The summed E-state index contributed by atoms with van der Waals surface area (Å²) in [6.07, 6.45) is -4.50. The van der Waals surface area contributed by atoms with E-state index in [0.717, 1.165) is 6.07 Å². The van der Waals surface area contributed by atoms with Crippen LogP contribution in [0.5, 0.6) is 0 Å². The summed E-state index contributed by atoms with van der Waals surface area (Å²) in [7, 11) is 1.57. The summed E-state index contributed by atoms with van der Waals surface area (Å²) in [5, 5.41) is 8.58. The van der Waals surface area contributed by atoms with E-state index >= 15 is 0 Å². The molecule has 0 N–H and O–H groups in total. The molecule has 124 valence electrons. The van der Waals surface area contributed by atoms with E-state index in [1.165, 1.54) is 22.8 Å². The number of nitrogens with zero attached hydrogens (tertiary/aromatic N) is 3. The van der Waals surface area contributed by atoms with Crippen molar-refractivity contribution in [2.24, 2.45) is 7.05 Å². The van der Waals surface area contributed by atoms with Crippen molar-refractivity contribution in [2.75, 3.05) is 0 Å². The van der Waals surface area contributed by atoms with Crippen LogP contribution in [0.4, 0.5) is 13.2 Å². The van der Waals surface area contributed by atoms with Crippen LogP contribution in [0.3, 0.4) is 0 Å². The zero-order valence-corrected chi connectivity index (χ0v) is 13.8. The molecule has 0 amide bonds. The van der Waals surface area contributed by atoms with Crippen molar-refractivity contribution in [3.8, 4) is 22.8 Å². The average molecular weight is 372 g/mol. The number of alkyl halides is 3. The van der Waals surface area contributed by atoms with Crippen molar-refractivity contribution in [3.05, 3.63) is 58.1 Å². The molecule has 2 aromatic carbocycles. The van der Waals surface area contributed by atoms with E-state index in [2.05, 4.69) is 10.2 Å². The Kier molecular flexibility index (Phi) is 4.27. The molecule has 0 atom stereocenters. The molecule has 0 radical (unpaired) electrons. The van der Waals surface area contributed by atoms with Crippen molar-refractivity contribution >= 4 is 23.2 Å². The van der Waals surface area contributed by atoms with Gasteiger partial charge in [0.05, 0.1) is 21.2 Å². The molecule has 0 saturated heterocycles. The number of hydrogen-bond donors (Lipinski definition) is 0. The van der Waals surface area contributed by atoms with Gasteiger partial charge in [0.15, 0.2) is 11.6 Å². The molecule has 0 aliphatic heterocycles. The first-order chi connectivity index (χ1) is 11.3. The molecule has 0 unspecified atom stereocenters. The van der Waals surface area contributed by atoms with Crippen LogP contribution in [-0.2, 0) is 13.2 Å². The Balaban J connectivity index is 2.20. The molecule has 0 saturated carbocycles. The lowest BCUT2D eigenvalue weighted by Gasteiger charge is -2.12. The van der Waals surface area contributed by atoms with Gasteiger partial charge in [-0.25, -0.2) is 0 Å². The van der Waals surface area contributed by atoms with Crippen molar-refractivity contribution in [3.63, 3.8) is 0 Å². The molecule has 3 aromatic rings. The molecule has 0 fully saturated rings. The number of aromatic nitrogens is 3. The highest BCUT2D eigenvalue weighted by Gasteiger charge is 2.34. The fourth-order valence-corrected chi connectivity index (χ4v) is 2.98. The van der Waals surface area contributed by atoms with Crippen LogP contribution in [-0.4, -0.2) is 14.8 Å². The molecular weight excluding hydrogens is 362 g/mol. The maximum Gasteiger partial charge on any atom is 0.417 e. The second kappa shape index (κ2) is 6.11. The molecule has 0 aliphatic rings. The molecule has 1 aromatic heterocycles. The van der Waals surface area contributed by atoms with Gasteiger partial charge in [0, 0.05) is 12.6 Å². The standard InChI is InChI=1S/C16H10Cl2F3N3/c1-24-14(9-5-2-3-6-10(9)16(19,20)21)22-23-15(24)13-11(17)7-4-8-12(13)18/h2-8H,1H3. The topological polar surface area (TPSA) is 30.7 Å². The van der Waals surface area contributed by atoms with Crippen LogP contribution in [0.25, 0.3) is 22.8 Å². The van der Waals surface area contributed by atoms with Gasteiger partial charge in [-0.2, -0.15) is 13.2 Å². The first-order valence-electron chi connectivity index (χ1n) is 6.81. The van der Waals surface area contributed by atoms with Gasteiger partial charge < -0.3 is 4.57 Å². The van der Waals surface area contributed by atoms with Crippen LogP contribution in [0.15, 0.2) is 42.5 Å². The Labute approximate surface area is 145 Å². The zero-order chi connectivity index (χ0) is 17.5. The minimum Gasteiger partial charge on any atom is -0.310 e. The lowest BCUT2D eigenvalue weighted by atomic mass is 10.1. The smallest absolute Gasteiger partial charge is 0.310 e. The molecule has 8 heteroatoms. The van der Waals surface area contributed by atoms with Gasteiger partial charge in [0.2, 0.25) is 0 Å². The number of halogens is 5. The summed E-state index contributed by atoms with van der Waals surface area (Å²) >= 11 is 12.3. The van der Waals surface area contributed by atoms with E-state index in [-0.39, 0.29) is 17.2 Å². The fourth-order valence-electron chi connectivity index (χ4n) is 2.42. The van der Waals surface area contributed by atoms with Crippen LogP contribution in [0.1, 0.15) is 5.56 Å². The van der Waals surface area contributed by atoms with Gasteiger partial charge >= 0.3 is 6.18 Å². The van der Waals surface area contributed by atoms with E-state index in [9.17, 15) is 13.2 Å². The van der Waals surface area contributed by atoms with Gasteiger partial charge in [-0.05, 0) is 18.2 Å². The Morgan fingerprint density at radius 3 is 2.08 bits per heavy atom. The third-order valence-electron chi connectivity index (χ3n) is 3.53. The summed E-state index contributed by atoms with van der Waals surface area (Å²) in [4.78, 5) is 0. The van der Waals surface area contributed by atoms with Gasteiger partial charge in [0.1, 0.15) is 0 Å². The first-order valence-corrected chi connectivity index (χ1v) is 7.56. The third kappa shape index (κ3) is 2.87. The summed E-state index contributed by atoms with van der Waals surface area (Å²) in [5.41, 5.74) is -0.418. The summed E-state index contributed by atoms with van der Waals surface area (Å²) in [6, 6.07) is 10.1. The molecule has 1 heterocycles. The predicted octanol–water partition coefficient (Wildman–Crippen LogP) is 5.47. The first kappa shape index (κ1) is 16.8. The lowest BCUT2D eigenvalue weighted by Crippen LogP contribution is -2.08. The highest BCUT2D eigenvalue weighted by atomic mass is 35.5. The van der Waals surface area contributed by atoms with Gasteiger partial charge in [-0.1, -0.05) is 47.5 Å². The van der Waals surface area contributed by atoms with Crippen LogP contribution < -0.4 is 0 Å². The van der Waals surface area contributed by atoms with E-state index in [1.54, 1.807) is 25.2 Å². The van der Waals surface area contributed by atoms with Gasteiger partial charge in [-0.3, -0.25) is 0 Å². The fraction of sp³-hybridized carbons (Fsp3) is 0.125. The maximum absolute atomic E-state index is 13.2. The van der Waals surface area contributed by atoms with Crippen LogP contribution >= 0.6 is 23.2 Å². The van der Waals surface area contributed by atoms with Crippen molar-refractivity contribution in [1.29, 1.82) is 0 Å². The normalized spacial score (nSPS) is 11.8. The summed E-state index contributed by atoms with van der Waals surface area (Å²) in [5.74, 6) is 0.367. The number of rotatable bonds is 2. The second-order valence-electron chi connectivity index (χ2n) is 5.05. The highest BCUT2D eigenvalue weighted by Crippen LogP contribution is 2.38. The van der Waals surface area contributed by atoms with E-state index < -0.39 is 11.7 Å². The van der Waals surface area contributed by atoms with E-state index in [1.807, 2.05) is 0 Å². The molecule has 0 spiro atoms. The van der Waals surface area contributed by atoms with Crippen molar-refractivity contribution in [2.45, 2.75) is 6.18 Å². The minimum atomic E-state index is -4.50. The molecule has 24 heavy (non-hydrogen) atoms. The molecule has 0 bridgehead atoms. The number of benzene rings is 2. The van der Waals surface area contributed by atoms with Crippen LogP contribution in [0.2, 0.25) is 10.0 Å². The minimum absolute atomic E-state index is 0.0607. The Bertz CT molecular complexity index is 884. The Morgan fingerprint density at radius 2 is 1.46 bits per heavy atom. The average Bonchev–Trinajstić information content (AvgIpc) is 2.88. The van der Waals surface area contributed by atoms with Gasteiger partial charge in [0.25, 0.3) is 0 Å². The van der Waals surface area contributed by atoms with Gasteiger partial charge in [-0.15, -0.1) is 10.2 Å². The SMILES string of the molecule is Cn1c(-c2ccccc2C(F)(F)F)nnc1-c1c(Cl)cccc1Cl. The van der Waals surface area contributed by atoms with Crippen molar-refractivity contribution < 1.29 is 13.2 Å². The number of hydrogen-bond acceptors (Lipinski definition) is 2. The quantitative estimate of drug-likeness (QED) is 0.597. The van der Waals surface area contributed by atoms with Crippen LogP contribution in [0, 0.1) is 0 Å². The lowest BCUT2D eigenvalue weighted by molar-refractivity contribution is -0.137. The van der Waals surface area contributed by atoms with E-state index in [0.29, 0.717) is 15.6 Å². The second-order valence-corrected chi connectivity index (χ2v) is 5.86. The maximum atomic E-state index is 13.2. The van der Waals surface area contributed by atoms with E-state index in [4.69, 9.17) is 23.2 Å². The summed E-state index contributed by atoms with van der Waals surface area (Å²) in [6.45, 7) is 0. The molecule has 3 nitrogen and oxygen atoms in total. The monoisotopic (exact) mass is 371 g/mol. The summed E-state index contributed by atoms with van der Waals surface area (Å²) < 4.78 is 41.1. The molecular formula is C16H10Cl2F3N3. The molecule has 0 aliphatic carbocycles. The molecule has 3 rings (SSSR count). The zero-order valence-electron chi connectivity index (χ0n) is 12.3. The Hall–Kier alpha value is -2.05. The predicted molar refractivity (Wildman–Crippen MR) is 86.9 cm³/mol. The Morgan fingerprint density at radius 1 is 0.875 bits per heavy atom.